The Hall–Kier alpha value is -1.10. The molecule has 4 nitrogen and oxygen atoms in total. The molecule has 0 spiro atoms. The van der Waals surface area contributed by atoms with Crippen LogP contribution in [0.4, 0.5) is 0 Å². The van der Waals surface area contributed by atoms with Gasteiger partial charge in [-0.1, -0.05) is 24.6 Å². The maximum absolute atomic E-state index is 9.83. The molecule has 0 aromatic heterocycles. The molecule has 19 heavy (non-hydrogen) atoms. The lowest BCUT2D eigenvalue weighted by atomic mass is 10.1. The third-order valence-corrected chi connectivity index (χ3v) is 3.12. The standard InChI is InChI=1S/C15H25NO3/c1-4-13(9-17)16-8-14(18)10-19-15-6-5-11(2)7-12(15)3/h5-7,13-14,16-18H,4,8-10H2,1-3H3. The van der Waals surface area contributed by atoms with Crippen LogP contribution in [0.5, 0.6) is 5.75 Å². The fourth-order valence-corrected chi connectivity index (χ4v) is 1.85. The lowest BCUT2D eigenvalue weighted by Gasteiger charge is -2.18. The first-order valence-electron chi connectivity index (χ1n) is 6.79. The van der Waals surface area contributed by atoms with Crippen LogP contribution < -0.4 is 10.1 Å². The first kappa shape index (κ1) is 16.0. The van der Waals surface area contributed by atoms with Crippen molar-refractivity contribution in [3.8, 4) is 5.75 Å². The third kappa shape index (κ3) is 5.59. The van der Waals surface area contributed by atoms with Gasteiger partial charge < -0.3 is 20.3 Å². The van der Waals surface area contributed by atoms with E-state index in [-0.39, 0.29) is 19.3 Å². The minimum Gasteiger partial charge on any atom is -0.491 e. The van der Waals surface area contributed by atoms with E-state index in [0.717, 1.165) is 17.7 Å². The molecule has 2 atom stereocenters. The van der Waals surface area contributed by atoms with Crippen molar-refractivity contribution in [1.29, 1.82) is 0 Å². The first-order chi connectivity index (χ1) is 9.06. The van der Waals surface area contributed by atoms with Gasteiger partial charge in [-0.3, -0.25) is 0 Å². The molecule has 4 heteroatoms. The molecule has 0 aliphatic rings. The van der Waals surface area contributed by atoms with E-state index in [4.69, 9.17) is 9.84 Å². The van der Waals surface area contributed by atoms with E-state index in [0.29, 0.717) is 6.54 Å². The largest absolute Gasteiger partial charge is 0.491 e. The van der Waals surface area contributed by atoms with Crippen LogP contribution in [-0.4, -0.2) is 42.1 Å². The smallest absolute Gasteiger partial charge is 0.122 e. The molecular formula is C15H25NO3. The SMILES string of the molecule is CCC(CO)NCC(O)COc1ccc(C)cc1C. The number of rotatable bonds is 8. The third-order valence-electron chi connectivity index (χ3n) is 3.12. The van der Waals surface area contributed by atoms with Crippen LogP contribution in [0.3, 0.4) is 0 Å². The summed E-state index contributed by atoms with van der Waals surface area (Å²) >= 11 is 0. The van der Waals surface area contributed by atoms with E-state index in [1.54, 1.807) is 0 Å². The Bertz CT molecular complexity index is 378. The summed E-state index contributed by atoms with van der Waals surface area (Å²) in [7, 11) is 0. The quantitative estimate of drug-likeness (QED) is 0.666. The zero-order valence-electron chi connectivity index (χ0n) is 12.0. The molecule has 0 aliphatic carbocycles. The van der Waals surface area contributed by atoms with E-state index in [9.17, 15) is 5.11 Å². The van der Waals surface area contributed by atoms with Crippen molar-refractivity contribution in [2.24, 2.45) is 0 Å². The summed E-state index contributed by atoms with van der Waals surface area (Å²) in [4.78, 5) is 0. The Morgan fingerprint density at radius 1 is 1.32 bits per heavy atom. The Morgan fingerprint density at radius 3 is 2.63 bits per heavy atom. The van der Waals surface area contributed by atoms with E-state index in [1.165, 1.54) is 5.56 Å². The van der Waals surface area contributed by atoms with Crippen LogP contribution >= 0.6 is 0 Å². The van der Waals surface area contributed by atoms with Crippen LogP contribution in [0.1, 0.15) is 24.5 Å². The summed E-state index contributed by atoms with van der Waals surface area (Å²) in [6.45, 7) is 6.78. The van der Waals surface area contributed by atoms with Crippen molar-refractivity contribution >= 4 is 0 Å². The highest BCUT2D eigenvalue weighted by molar-refractivity contribution is 5.35. The van der Waals surface area contributed by atoms with Gasteiger partial charge in [-0.2, -0.15) is 0 Å². The molecule has 108 valence electrons. The summed E-state index contributed by atoms with van der Waals surface area (Å²) in [6, 6.07) is 6.01. The lowest BCUT2D eigenvalue weighted by molar-refractivity contribution is 0.0991. The zero-order valence-corrected chi connectivity index (χ0v) is 12.0. The molecule has 1 rings (SSSR count). The molecule has 0 bridgehead atoms. The molecule has 0 amide bonds. The lowest BCUT2D eigenvalue weighted by Crippen LogP contribution is -2.39. The number of nitrogens with one attached hydrogen (secondary N) is 1. The van der Waals surface area contributed by atoms with Crippen LogP contribution in [-0.2, 0) is 0 Å². The number of hydrogen-bond acceptors (Lipinski definition) is 4. The van der Waals surface area contributed by atoms with Gasteiger partial charge in [0.05, 0.1) is 6.61 Å². The van der Waals surface area contributed by atoms with Crippen molar-refractivity contribution in [1.82, 2.24) is 5.32 Å². The van der Waals surface area contributed by atoms with Crippen LogP contribution in [0, 0.1) is 13.8 Å². The number of aryl methyl sites for hydroxylation is 2. The molecule has 0 saturated heterocycles. The second kappa shape index (κ2) is 8.15. The second-order valence-corrected chi connectivity index (χ2v) is 4.93. The summed E-state index contributed by atoms with van der Waals surface area (Å²) in [6.07, 6.45) is 0.252. The van der Waals surface area contributed by atoms with Crippen molar-refractivity contribution in [2.45, 2.75) is 39.3 Å². The average Bonchev–Trinajstić information content (AvgIpc) is 2.39. The van der Waals surface area contributed by atoms with Gasteiger partial charge >= 0.3 is 0 Å². The normalized spacial score (nSPS) is 14.2. The molecule has 3 N–H and O–H groups in total. The minimum absolute atomic E-state index is 0.0377. The number of ether oxygens (including phenoxy) is 1. The zero-order chi connectivity index (χ0) is 14.3. The van der Waals surface area contributed by atoms with E-state index < -0.39 is 6.10 Å². The summed E-state index contributed by atoms with van der Waals surface area (Å²) in [5, 5.41) is 22.0. The second-order valence-electron chi connectivity index (χ2n) is 4.93. The van der Waals surface area contributed by atoms with Gasteiger partial charge in [0.25, 0.3) is 0 Å². The molecule has 0 aliphatic heterocycles. The molecule has 1 aromatic carbocycles. The highest BCUT2D eigenvalue weighted by Gasteiger charge is 2.10. The summed E-state index contributed by atoms with van der Waals surface area (Å²) in [5.74, 6) is 0.804. The van der Waals surface area contributed by atoms with Crippen molar-refractivity contribution < 1.29 is 14.9 Å². The predicted molar refractivity (Wildman–Crippen MR) is 76.6 cm³/mol. The van der Waals surface area contributed by atoms with Crippen LogP contribution in [0.25, 0.3) is 0 Å². The van der Waals surface area contributed by atoms with Gasteiger partial charge in [0.1, 0.15) is 18.5 Å². The molecule has 2 unspecified atom stereocenters. The molecule has 0 heterocycles. The predicted octanol–water partition coefficient (Wildman–Crippen LogP) is 1.40. The van der Waals surface area contributed by atoms with Gasteiger partial charge in [0, 0.05) is 12.6 Å². The number of benzene rings is 1. The van der Waals surface area contributed by atoms with Crippen LogP contribution in [0.2, 0.25) is 0 Å². The minimum atomic E-state index is -0.582. The topological polar surface area (TPSA) is 61.7 Å². The Kier molecular flexibility index (Phi) is 6.84. The number of aliphatic hydroxyl groups is 2. The average molecular weight is 267 g/mol. The highest BCUT2D eigenvalue weighted by Crippen LogP contribution is 2.18. The van der Waals surface area contributed by atoms with Gasteiger partial charge in [-0.15, -0.1) is 0 Å². The number of aliphatic hydroxyl groups excluding tert-OH is 2. The maximum Gasteiger partial charge on any atom is 0.122 e. The van der Waals surface area contributed by atoms with Crippen molar-refractivity contribution in [2.75, 3.05) is 19.8 Å². The molecule has 0 fully saturated rings. The Balaban J connectivity index is 2.35. The van der Waals surface area contributed by atoms with Gasteiger partial charge in [0.15, 0.2) is 0 Å². The van der Waals surface area contributed by atoms with E-state index in [2.05, 4.69) is 11.4 Å². The highest BCUT2D eigenvalue weighted by atomic mass is 16.5. The monoisotopic (exact) mass is 267 g/mol. The van der Waals surface area contributed by atoms with Gasteiger partial charge in [-0.25, -0.2) is 0 Å². The van der Waals surface area contributed by atoms with Gasteiger partial charge in [-0.05, 0) is 31.9 Å². The molecule has 0 saturated carbocycles. The van der Waals surface area contributed by atoms with Gasteiger partial charge in [0.2, 0.25) is 0 Å². The van der Waals surface area contributed by atoms with Crippen molar-refractivity contribution in [3.05, 3.63) is 29.3 Å². The fourth-order valence-electron chi connectivity index (χ4n) is 1.85. The molecule has 0 radical (unpaired) electrons. The molecular weight excluding hydrogens is 242 g/mol. The summed E-state index contributed by atoms with van der Waals surface area (Å²) < 4.78 is 5.60. The maximum atomic E-state index is 9.83. The van der Waals surface area contributed by atoms with E-state index >= 15 is 0 Å². The Morgan fingerprint density at radius 2 is 2.05 bits per heavy atom. The Labute approximate surface area is 115 Å². The number of hydrogen-bond donors (Lipinski definition) is 3. The van der Waals surface area contributed by atoms with Crippen molar-refractivity contribution in [3.63, 3.8) is 0 Å². The fraction of sp³-hybridized carbons (Fsp3) is 0.600. The molecule has 1 aromatic rings. The van der Waals surface area contributed by atoms with E-state index in [1.807, 2.05) is 32.9 Å². The van der Waals surface area contributed by atoms with Crippen LogP contribution in [0.15, 0.2) is 18.2 Å². The summed E-state index contributed by atoms with van der Waals surface area (Å²) in [5.41, 5.74) is 2.27. The first-order valence-corrected chi connectivity index (χ1v) is 6.79.